The first kappa shape index (κ1) is 28.9. The van der Waals surface area contributed by atoms with Gasteiger partial charge in [-0.2, -0.15) is 13.2 Å². The largest absolute Gasteiger partial charge is 0.462 e. The van der Waals surface area contributed by atoms with Crippen LogP contribution in [0.25, 0.3) is 11.3 Å². The number of anilines is 2. The van der Waals surface area contributed by atoms with Gasteiger partial charge in [-0.05, 0) is 37.3 Å². The normalized spacial score (nSPS) is 12.0. The van der Waals surface area contributed by atoms with Crippen LogP contribution in [0, 0.1) is 0 Å². The lowest BCUT2D eigenvalue weighted by molar-refractivity contribution is -0.883. The minimum atomic E-state index is -4.46. The SMILES string of the molecule is CCOC(=O)C[N+](C)(C)CCOCCN(c1cccc(C(F)(F)F)c1)c1nc(-c2cccc(Cl)c2)cs1. The number of ether oxygens (including phenoxy) is 2. The molecule has 0 aliphatic rings. The molecule has 0 fully saturated rings. The second-order valence-electron chi connectivity index (χ2n) is 8.96. The van der Waals surface area contributed by atoms with E-state index in [1.165, 1.54) is 17.4 Å². The van der Waals surface area contributed by atoms with Crippen molar-refractivity contribution >= 4 is 39.7 Å². The summed E-state index contributed by atoms with van der Waals surface area (Å²) < 4.78 is 51.4. The number of alkyl halides is 3. The maximum absolute atomic E-state index is 13.4. The molecule has 0 unspecified atom stereocenters. The van der Waals surface area contributed by atoms with Crippen molar-refractivity contribution in [3.63, 3.8) is 0 Å². The van der Waals surface area contributed by atoms with E-state index in [0.29, 0.717) is 45.8 Å². The van der Waals surface area contributed by atoms with E-state index >= 15 is 0 Å². The van der Waals surface area contributed by atoms with E-state index < -0.39 is 11.7 Å². The van der Waals surface area contributed by atoms with Gasteiger partial charge in [0.05, 0.1) is 45.2 Å². The fourth-order valence-electron chi connectivity index (χ4n) is 3.56. The number of quaternary nitrogens is 1. The molecule has 0 bridgehead atoms. The number of benzene rings is 2. The van der Waals surface area contributed by atoms with Crippen molar-refractivity contribution in [1.29, 1.82) is 0 Å². The molecule has 37 heavy (non-hydrogen) atoms. The van der Waals surface area contributed by atoms with Crippen LogP contribution >= 0.6 is 22.9 Å². The summed E-state index contributed by atoms with van der Waals surface area (Å²) in [5.41, 5.74) is 1.12. The van der Waals surface area contributed by atoms with Crippen LogP contribution < -0.4 is 4.90 Å². The van der Waals surface area contributed by atoms with E-state index in [2.05, 4.69) is 4.98 Å². The van der Waals surface area contributed by atoms with Gasteiger partial charge in [0, 0.05) is 28.2 Å². The molecular formula is C26H30ClF3N3O3S+. The molecule has 0 atom stereocenters. The van der Waals surface area contributed by atoms with Crippen molar-refractivity contribution in [3.8, 4) is 11.3 Å². The molecule has 1 aromatic heterocycles. The number of carbonyl (C=O) groups is 1. The minimum absolute atomic E-state index is 0.221. The maximum atomic E-state index is 13.4. The highest BCUT2D eigenvalue weighted by atomic mass is 35.5. The Kier molecular flexibility index (Phi) is 9.94. The lowest BCUT2D eigenvalue weighted by atomic mass is 10.2. The topological polar surface area (TPSA) is 51.7 Å². The lowest BCUT2D eigenvalue weighted by Gasteiger charge is -2.28. The molecule has 0 N–H and O–H groups in total. The van der Waals surface area contributed by atoms with Crippen molar-refractivity contribution in [3.05, 3.63) is 64.5 Å². The van der Waals surface area contributed by atoms with Gasteiger partial charge in [0.1, 0.15) is 6.54 Å². The standard InChI is InChI=1S/C26H30ClF3N3O3S/c1-4-36-24(34)17-33(2,3)12-14-35-13-11-32(22-10-6-8-20(16-22)26(28,29)30)25-31-23(18-37-25)19-7-5-9-21(27)15-19/h5-10,15-16,18H,4,11-14,17H2,1-3H3/q+1. The van der Waals surface area contributed by atoms with E-state index in [1.54, 1.807) is 30.0 Å². The third-order valence-corrected chi connectivity index (χ3v) is 6.59. The van der Waals surface area contributed by atoms with Crippen LogP contribution in [0.5, 0.6) is 0 Å². The molecule has 3 aromatic rings. The first-order valence-corrected chi connectivity index (χ1v) is 13.0. The number of esters is 1. The van der Waals surface area contributed by atoms with Crippen molar-refractivity contribution in [2.45, 2.75) is 13.1 Å². The molecule has 3 rings (SSSR count). The number of aromatic nitrogens is 1. The van der Waals surface area contributed by atoms with E-state index in [-0.39, 0.29) is 25.7 Å². The maximum Gasteiger partial charge on any atom is 0.416 e. The van der Waals surface area contributed by atoms with Crippen molar-refractivity contribution < 1.29 is 31.9 Å². The summed E-state index contributed by atoms with van der Waals surface area (Å²) in [5.74, 6) is -0.275. The van der Waals surface area contributed by atoms with E-state index in [4.69, 9.17) is 21.1 Å². The van der Waals surface area contributed by atoms with Crippen LogP contribution in [0.1, 0.15) is 12.5 Å². The summed E-state index contributed by atoms with van der Waals surface area (Å²) in [7, 11) is 3.81. The lowest BCUT2D eigenvalue weighted by Crippen LogP contribution is -2.46. The zero-order valence-corrected chi connectivity index (χ0v) is 22.5. The monoisotopic (exact) mass is 556 g/mol. The summed E-state index contributed by atoms with van der Waals surface area (Å²) >= 11 is 7.44. The number of likely N-dealkylation sites (N-methyl/N-ethyl adjacent to an activating group) is 1. The molecule has 200 valence electrons. The molecule has 0 aliphatic heterocycles. The Bertz CT molecular complexity index is 1190. The van der Waals surface area contributed by atoms with Crippen molar-refractivity contribution in [1.82, 2.24) is 4.98 Å². The zero-order valence-electron chi connectivity index (χ0n) is 20.9. The quantitative estimate of drug-likeness (QED) is 0.149. The van der Waals surface area contributed by atoms with Crippen molar-refractivity contribution in [2.24, 2.45) is 0 Å². The summed E-state index contributed by atoms with van der Waals surface area (Å²) in [5, 5.41) is 2.95. The molecule has 0 amide bonds. The molecule has 11 heteroatoms. The molecule has 0 radical (unpaired) electrons. The summed E-state index contributed by atoms with van der Waals surface area (Å²) in [4.78, 5) is 18.2. The average Bonchev–Trinajstić information content (AvgIpc) is 3.30. The highest BCUT2D eigenvalue weighted by Crippen LogP contribution is 2.36. The summed E-state index contributed by atoms with van der Waals surface area (Å²) in [6.45, 7) is 3.79. The highest BCUT2D eigenvalue weighted by Gasteiger charge is 2.31. The van der Waals surface area contributed by atoms with Gasteiger partial charge < -0.3 is 18.9 Å². The van der Waals surface area contributed by atoms with Crippen LogP contribution in [0.2, 0.25) is 5.02 Å². The second-order valence-corrected chi connectivity index (χ2v) is 10.2. The van der Waals surface area contributed by atoms with E-state index in [9.17, 15) is 18.0 Å². The molecule has 1 heterocycles. The molecule has 0 saturated heterocycles. The Morgan fingerprint density at radius 2 is 1.89 bits per heavy atom. The second kappa shape index (κ2) is 12.7. The number of halogens is 4. The van der Waals surface area contributed by atoms with Gasteiger partial charge in [-0.25, -0.2) is 9.78 Å². The van der Waals surface area contributed by atoms with Crippen LogP contribution in [0.4, 0.5) is 24.0 Å². The van der Waals surface area contributed by atoms with Crippen molar-refractivity contribution in [2.75, 3.05) is 58.5 Å². The number of hydrogen-bond donors (Lipinski definition) is 0. The molecule has 6 nitrogen and oxygen atoms in total. The first-order valence-electron chi connectivity index (χ1n) is 11.7. The fraction of sp³-hybridized carbons (Fsp3) is 0.385. The molecule has 0 saturated carbocycles. The third kappa shape index (κ3) is 8.70. The van der Waals surface area contributed by atoms with Crippen LogP contribution in [0.3, 0.4) is 0 Å². The predicted molar refractivity (Wildman–Crippen MR) is 140 cm³/mol. The Morgan fingerprint density at radius 1 is 1.14 bits per heavy atom. The van der Waals surface area contributed by atoms with Gasteiger partial charge in [-0.3, -0.25) is 0 Å². The summed E-state index contributed by atoms with van der Waals surface area (Å²) in [6.07, 6.45) is -4.46. The third-order valence-electron chi connectivity index (χ3n) is 5.49. The number of nitrogens with zero attached hydrogens (tertiary/aromatic N) is 3. The first-order chi connectivity index (χ1) is 17.5. The average molecular weight is 557 g/mol. The van der Waals surface area contributed by atoms with E-state index in [0.717, 1.165) is 17.7 Å². The minimum Gasteiger partial charge on any atom is -0.462 e. The predicted octanol–water partition coefficient (Wildman–Crippen LogP) is 6.28. The van der Waals surface area contributed by atoms with Gasteiger partial charge in [-0.15, -0.1) is 11.3 Å². The number of rotatable bonds is 12. The Hall–Kier alpha value is -2.66. The fourth-order valence-corrected chi connectivity index (χ4v) is 4.63. The van der Waals surface area contributed by atoms with Crippen LogP contribution in [0.15, 0.2) is 53.9 Å². The van der Waals surface area contributed by atoms with Crippen LogP contribution in [-0.4, -0.2) is 69.0 Å². The van der Waals surface area contributed by atoms with Gasteiger partial charge >= 0.3 is 12.1 Å². The molecule has 0 aliphatic carbocycles. The Labute approximate surface area is 223 Å². The number of thiazole rings is 1. The Balaban J connectivity index is 1.73. The van der Waals surface area contributed by atoms with E-state index in [1.807, 2.05) is 31.6 Å². The smallest absolute Gasteiger partial charge is 0.416 e. The summed E-state index contributed by atoms with van der Waals surface area (Å²) in [6, 6.07) is 12.4. The Morgan fingerprint density at radius 3 is 2.59 bits per heavy atom. The van der Waals surface area contributed by atoms with Gasteiger partial charge in [-0.1, -0.05) is 29.8 Å². The molecule has 2 aromatic carbocycles. The van der Waals surface area contributed by atoms with Gasteiger partial charge in [0.2, 0.25) is 0 Å². The zero-order chi connectivity index (χ0) is 27.1. The van der Waals surface area contributed by atoms with Gasteiger partial charge in [0.15, 0.2) is 11.7 Å². The molecule has 0 spiro atoms. The number of carbonyl (C=O) groups excluding carboxylic acids is 1. The number of hydrogen-bond acceptors (Lipinski definition) is 6. The molecular weight excluding hydrogens is 527 g/mol. The van der Waals surface area contributed by atoms with Crippen LogP contribution in [-0.2, 0) is 20.4 Å². The van der Waals surface area contributed by atoms with Gasteiger partial charge in [0.25, 0.3) is 0 Å². The highest BCUT2D eigenvalue weighted by molar-refractivity contribution is 7.14.